The molecule has 1 rings (SSSR count). The molecule has 0 aliphatic rings. The zero-order valence-corrected chi connectivity index (χ0v) is 5.85. The first-order valence-corrected chi connectivity index (χ1v) is 3.20. The number of nitrogens with zero attached hydrogens (tertiary/aromatic N) is 2. The second-order valence-electron chi connectivity index (χ2n) is 1.18. The maximum Gasteiger partial charge on any atom is 0.139 e. The molecule has 0 radical (unpaired) electrons. The van der Waals surface area contributed by atoms with Crippen molar-refractivity contribution in [1.29, 1.82) is 0 Å². The highest BCUT2D eigenvalue weighted by Gasteiger charge is 1.88. The van der Waals surface area contributed by atoms with E-state index in [-0.39, 0.29) is 0 Å². The van der Waals surface area contributed by atoms with Gasteiger partial charge in [0, 0.05) is 0 Å². The van der Waals surface area contributed by atoms with E-state index in [4.69, 9.17) is 0 Å². The largest absolute Gasteiger partial charge is 0.221 e. The molecule has 2 nitrogen and oxygen atoms in total. The number of aromatic nitrogens is 2. The molecule has 0 saturated heterocycles. The van der Waals surface area contributed by atoms with Crippen molar-refractivity contribution in [3.05, 3.63) is 5.82 Å². The summed E-state index contributed by atoms with van der Waals surface area (Å²) in [6.07, 6.45) is 0. The molecule has 1 unspecified atom stereocenters. The fraction of sp³-hybridized carbons (Fsp3) is 0.333. The third-order valence-electron chi connectivity index (χ3n) is 0.543. The maximum absolute atomic E-state index is 3.98. The molecule has 7 heavy (non-hydrogen) atoms. The van der Waals surface area contributed by atoms with Gasteiger partial charge in [0.1, 0.15) is 10.6 Å². The molecule has 4 heteroatoms. The Morgan fingerprint density at radius 2 is 2.43 bits per heavy atom. The normalized spacial score (nSPS) is 9.43. The van der Waals surface area contributed by atoms with Gasteiger partial charge in [-0.05, 0) is 18.5 Å². The maximum atomic E-state index is 3.98. The summed E-state index contributed by atoms with van der Waals surface area (Å²) in [4.78, 5) is 3.98. The van der Waals surface area contributed by atoms with Crippen LogP contribution in [0.5, 0.6) is 0 Å². The summed E-state index contributed by atoms with van der Waals surface area (Å²) in [6, 6.07) is 0. The molecular formula is C3H5N2PS. The lowest BCUT2D eigenvalue weighted by Gasteiger charge is -1.67. The molecule has 0 spiro atoms. The minimum atomic E-state index is 0.856. The molecule has 38 valence electrons. The lowest BCUT2D eigenvalue weighted by atomic mass is 10.8. The van der Waals surface area contributed by atoms with E-state index in [0.717, 1.165) is 10.6 Å². The summed E-state index contributed by atoms with van der Waals surface area (Å²) in [5, 5.41) is 0. The van der Waals surface area contributed by atoms with Gasteiger partial charge < -0.3 is 0 Å². The average Bonchev–Trinajstić information content (AvgIpc) is 1.87. The number of aryl methyl sites for hydroxylation is 1. The lowest BCUT2D eigenvalue weighted by molar-refractivity contribution is 1.18. The van der Waals surface area contributed by atoms with E-state index in [9.17, 15) is 0 Å². The highest BCUT2D eigenvalue weighted by Crippen LogP contribution is 1.92. The number of hydrogen-bond acceptors (Lipinski definition) is 3. The van der Waals surface area contributed by atoms with Crippen LogP contribution in [0.4, 0.5) is 0 Å². The third-order valence-corrected chi connectivity index (χ3v) is 1.62. The van der Waals surface area contributed by atoms with E-state index >= 15 is 0 Å². The molecule has 1 heterocycles. The Morgan fingerprint density at radius 3 is 2.57 bits per heavy atom. The van der Waals surface area contributed by atoms with Crippen LogP contribution in [0.2, 0.25) is 0 Å². The zero-order valence-electron chi connectivity index (χ0n) is 3.88. The van der Waals surface area contributed by atoms with Crippen molar-refractivity contribution in [3.8, 4) is 0 Å². The van der Waals surface area contributed by atoms with Crippen LogP contribution in [0.3, 0.4) is 0 Å². The van der Waals surface area contributed by atoms with E-state index in [1.165, 1.54) is 11.5 Å². The van der Waals surface area contributed by atoms with Crippen molar-refractivity contribution in [2.45, 2.75) is 6.92 Å². The van der Waals surface area contributed by atoms with Gasteiger partial charge in [-0.1, -0.05) is 9.24 Å². The molecular weight excluding hydrogens is 127 g/mol. The fourth-order valence-electron chi connectivity index (χ4n) is 0.313. The van der Waals surface area contributed by atoms with E-state index in [1.807, 2.05) is 6.92 Å². The van der Waals surface area contributed by atoms with Crippen LogP contribution in [0.1, 0.15) is 5.82 Å². The first-order valence-electron chi connectivity index (χ1n) is 1.85. The molecule has 0 bridgehead atoms. The molecule has 1 aromatic heterocycles. The highest BCUT2D eigenvalue weighted by atomic mass is 32.1. The van der Waals surface area contributed by atoms with Gasteiger partial charge in [-0.25, -0.2) is 4.98 Å². The second kappa shape index (κ2) is 1.85. The molecule has 0 saturated carbocycles. The molecule has 0 aliphatic carbocycles. The molecule has 0 fully saturated rings. The van der Waals surface area contributed by atoms with Crippen molar-refractivity contribution in [2.24, 2.45) is 0 Å². The Labute approximate surface area is 48.3 Å². The van der Waals surface area contributed by atoms with Gasteiger partial charge in [0.05, 0.1) is 0 Å². The Morgan fingerprint density at radius 1 is 1.71 bits per heavy atom. The van der Waals surface area contributed by atoms with Gasteiger partial charge in [0.2, 0.25) is 0 Å². The Hall–Kier alpha value is -0.0100. The third kappa shape index (κ3) is 1.18. The van der Waals surface area contributed by atoms with Gasteiger partial charge in [-0.2, -0.15) is 4.37 Å². The smallest absolute Gasteiger partial charge is 0.139 e. The van der Waals surface area contributed by atoms with Crippen LogP contribution in [-0.4, -0.2) is 9.36 Å². The summed E-state index contributed by atoms with van der Waals surface area (Å²) >= 11 is 1.41. The average molecular weight is 132 g/mol. The quantitative estimate of drug-likeness (QED) is 0.476. The SMILES string of the molecule is Cc1nsc(P)n1. The van der Waals surface area contributed by atoms with Crippen LogP contribution in [0.15, 0.2) is 0 Å². The van der Waals surface area contributed by atoms with Crippen molar-refractivity contribution in [2.75, 3.05) is 0 Å². The van der Waals surface area contributed by atoms with E-state index < -0.39 is 0 Å². The second-order valence-corrected chi connectivity index (χ2v) is 2.93. The molecule has 1 atom stereocenters. The van der Waals surface area contributed by atoms with Gasteiger partial charge in [-0.15, -0.1) is 0 Å². The van der Waals surface area contributed by atoms with Crippen molar-refractivity contribution in [3.63, 3.8) is 0 Å². The van der Waals surface area contributed by atoms with Gasteiger partial charge in [-0.3, -0.25) is 0 Å². The van der Waals surface area contributed by atoms with E-state index in [1.54, 1.807) is 0 Å². The van der Waals surface area contributed by atoms with Crippen LogP contribution < -0.4 is 4.75 Å². The van der Waals surface area contributed by atoms with Crippen molar-refractivity contribution >= 4 is 25.5 Å². The molecule has 0 aromatic carbocycles. The summed E-state index contributed by atoms with van der Waals surface area (Å²) < 4.78 is 4.88. The van der Waals surface area contributed by atoms with E-state index in [0.29, 0.717) is 0 Å². The van der Waals surface area contributed by atoms with Crippen molar-refractivity contribution in [1.82, 2.24) is 9.36 Å². The van der Waals surface area contributed by atoms with Crippen molar-refractivity contribution < 1.29 is 0 Å². The van der Waals surface area contributed by atoms with Gasteiger partial charge in [0.15, 0.2) is 0 Å². The van der Waals surface area contributed by atoms with Crippen LogP contribution in [-0.2, 0) is 0 Å². The lowest BCUT2D eigenvalue weighted by Crippen LogP contribution is -1.83. The molecule has 0 amide bonds. The molecule has 1 aromatic rings. The first kappa shape index (κ1) is 5.13. The molecule has 0 aliphatic heterocycles. The number of rotatable bonds is 0. The first-order chi connectivity index (χ1) is 3.29. The predicted molar refractivity (Wildman–Crippen MR) is 34.0 cm³/mol. The molecule has 0 N–H and O–H groups in total. The summed E-state index contributed by atoms with van der Waals surface area (Å²) in [7, 11) is 2.49. The summed E-state index contributed by atoms with van der Waals surface area (Å²) in [6.45, 7) is 1.88. The monoisotopic (exact) mass is 132 g/mol. The zero-order chi connectivity index (χ0) is 5.28. The summed E-state index contributed by atoms with van der Waals surface area (Å²) in [5.74, 6) is 0.856. The Bertz CT molecular complexity index is 145. The Balaban J connectivity index is 3.04. The minimum absolute atomic E-state index is 0.856. The predicted octanol–water partition coefficient (Wildman–Crippen LogP) is 0.347. The van der Waals surface area contributed by atoms with Gasteiger partial charge in [0.25, 0.3) is 0 Å². The van der Waals surface area contributed by atoms with Crippen LogP contribution in [0, 0.1) is 6.92 Å². The Kier molecular flexibility index (Phi) is 1.35. The highest BCUT2D eigenvalue weighted by molar-refractivity contribution is 7.41. The van der Waals surface area contributed by atoms with Crippen LogP contribution in [0.25, 0.3) is 0 Å². The minimum Gasteiger partial charge on any atom is -0.221 e. The summed E-state index contributed by atoms with van der Waals surface area (Å²) in [5.41, 5.74) is 0. The topological polar surface area (TPSA) is 25.8 Å². The van der Waals surface area contributed by atoms with Gasteiger partial charge >= 0.3 is 0 Å². The number of hydrogen-bond donors (Lipinski definition) is 0. The standard InChI is InChI=1S/C3H5N2PS/c1-2-4-3(6)7-5-2/h6H2,1H3. The van der Waals surface area contributed by atoms with E-state index in [2.05, 4.69) is 18.6 Å². The fourth-order valence-corrected chi connectivity index (χ4v) is 1.10. The van der Waals surface area contributed by atoms with Crippen LogP contribution >= 0.6 is 20.8 Å².